The molecule has 0 saturated heterocycles. The highest BCUT2D eigenvalue weighted by Gasteiger charge is 2.10. The van der Waals surface area contributed by atoms with Gasteiger partial charge in [-0.15, -0.1) is 0 Å². The van der Waals surface area contributed by atoms with Crippen LogP contribution < -0.4 is 4.74 Å². The fourth-order valence-corrected chi connectivity index (χ4v) is 2.03. The van der Waals surface area contributed by atoms with Gasteiger partial charge in [0, 0.05) is 6.54 Å². The number of hydrogen-bond donors (Lipinski definition) is 1. The lowest BCUT2D eigenvalue weighted by atomic mass is 10.1. The van der Waals surface area contributed by atoms with Crippen LogP contribution in [0.2, 0.25) is 0 Å². The van der Waals surface area contributed by atoms with Crippen molar-refractivity contribution < 1.29 is 14.2 Å². The van der Waals surface area contributed by atoms with Crippen LogP contribution in [-0.4, -0.2) is 14.9 Å². The van der Waals surface area contributed by atoms with E-state index in [1.807, 2.05) is 24.6 Å². The average Bonchev–Trinajstić information content (AvgIpc) is 2.77. The van der Waals surface area contributed by atoms with E-state index in [0.29, 0.717) is 5.56 Å². The number of benzene rings is 1. The maximum absolute atomic E-state index is 13.8. The van der Waals surface area contributed by atoms with Gasteiger partial charge in [0.1, 0.15) is 6.61 Å². The lowest BCUT2D eigenvalue weighted by Crippen LogP contribution is -2.07. The second kappa shape index (κ2) is 6.05. The van der Waals surface area contributed by atoms with E-state index in [-0.39, 0.29) is 12.4 Å². The maximum Gasteiger partial charge on any atom is 0.165 e. The number of aromatic nitrogens is 2. The Kier molecular flexibility index (Phi) is 4.39. The Labute approximate surface area is 117 Å². The number of rotatable bonds is 5. The van der Waals surface area contributed by atoms with Crippen molar-refractivity contribution >= 4 is 0 Å². The zero-order chi connectivity index (χ0) is 14.7. The molecule has 4 nitrogen and oxygen atoms in total. The van der Waals surface area contributed by atoms with Gasteiger partial charge in [0.25, 0.3) is 0 Å². The smallest absolute Gasteiger partial charge is 0.165 e. The monoisotopic (exact) mass is 278 g/mol. The van der Waals surface area contributed by atoms with E-state index in [2.05, 4.69) is 5.10 Å². The Morgan fingerprint density at radius 3 is 2.75 bits per heavy atom. The van der Waals surface area contributed by atoms with Crippen LogP contribution in [0.5, 0.6) is 5.75 Å². The Bertz CT molecular complexity index is 594. The Morgan fingerprint density at radius 2 is 2.15 bits per heavy atom. The first-order chi connectivity index (χ1) is 9.51. The van der Waals surface area contributed by atoms with Gasteiger partial charge < -0.3 is 9.84 Å². The van der Waals surface area contributed by atoms with Crippen molar-refractivity contribution in [3.8, 4) is 5.75 Å². The highest BCUT2D eigenvalue weighted by Crippen LogP contribution is 2.23. The third-order valence-corrected chi connectivity index (χ3v) is 3.10. The SMILES string of the molecule is CCn1nc(C)cc1COc1ccc(C(C)O)cc1F. The molecule has 0 aliphatic heterocycles. The van der Waals surface area contributed by atoms with Crippen LogP contribution in [0, 0.1) is 12.7 Å². The van der Waals surface area contributed by atoms with Crippen LogP contribution in [0.25, 0.3) is 0 Å². The minimum Gasteiger partial charge on any atom is -0.484 e. The van der Waals surface area contributed by atoms with E-state index in [1.165, 1.54) is 12.1 Å². The summed E-state index contributed by atoms with van der Waals surface area (Å²) in [4.78, 5) is 0. The van der Waals surface area contributed by atoms with Gasteiger partial charge in [0.2, 0.25) is 0 Å². The zero-order valence-corrected chi connectivity index (χ0v) is 11.9. The summed E-state index contributed by atoms with van der Waals surface area (Å²) in [6, 6.07) is 6.41. The highest BCUT2D eigenvalue weighted by molar-refractivity contribution is 5.30. The van der Waals surface area contributed by atoms with Crippen molar-refractivity contribution in [2.45, 2.75) is 40.0 Å². The number of aryl methyl sites for hydroxylation is 2. The predicted molar refractivity (Wildman–Crippen MR) is 74.0 cm³/mol. The molecule has 2 aromatic rings. The molecule has 0 spiro atoms. The first-order valence-corrected chi connectivity index (χ1v) is 6.65. The molecule has 1 aromatic carbocycles. The summed E-state index contributed by atoms with van der Waals surface area (Å²) in [6.45, 7) is 6.51. The number of aliphatic hydroxyl groups excluding tert-OH is 1. The van der Waals surface area contributed by atoms with E-state index in [4.69, 9.17) is 4.74 Å². The fourth-order valence-electron chi connectivity index (χ4n) is 2.03. The molecule has 0 bridgehead atoms. The molecule has 1 atom stereocenters. The first-order valence-electron chi connectivity index (χ1n) is 6.65. The van der Waals surface area contributed by atoms with E-state index < -0.39 is 11.9 Å². The normalized spacial score (nSPS) is 12.4. The number of aliphatic hydroxyl groups is 1. The van der Waals surface area contributed by atoms with Crippen LogP contribution >= 0.6 is 0 Å². The molecule has 108 valence electrons. The maximum atomic E-state index is 13.8. The molecular weight excluding hydrogens is 259 g/mol. The standard InChI is InChI=1S/C15H19FN2O2/c1-4-18-13(7-10(2)17-18)9-20-15-6-5-12(11(3)19)8-14(15)16/h5-8,11,19H,4,9H2,1-3H3. The van der Waals surface area contributed by atoms with Crippen molar-refractivity contribution in [2.24, 2.45) is 0 Å². The Hall–Kier alpha value is -1.88. The number of nitrogens with zero attached hydrogens (tertiary/aromatic N) is 2. The molecule has 0 aliphatic carbocycles. The Balaban J connectivity index is 2.10. The number of hydrogen-bond acceptors (Lipinski definition) is 3. The first kappa shape index (κ1) is 14.5. The van der Waals surface area contributed by atoms with Crippen LogP contribution in [0.1, 0.15) is 36.9 Å². The summed E-state index contributed by atoms with van der Waals surface area (Å²) in [5.41, 5.74) is 2.35. The second-order valence-electron chi connectivity index (χ2n) is 4.75. The lowest BCUT2D eigenvalue weighted by molar-refractivity contribution is 0.198. The van der Waals surface area contributed by atoms with Crippen molar-refractivity contribution in [1.29, 1.82) is 0 Å². The Morgan fingerprint density at radius 1 is 1.40 bits per heavy atom. The van der Waals surface area contributed by atoms with Gasteiger partial charge in [0.05, 0.1) is 17.5 Å². The van der Waals surface area contributed by atoms with E-state index in [0.717, 1.165) is 17.9 Å². The summed E-state index contributed by atoms with van der Waals surface area (Å²) in [5, 5.41) is 13.7. The molecule has 0 fully saturated rings. The van der Waals surface area contributed by atoms with Crippen LogP contribution in [-0.2, 0) is 13.2 Å². The lowest BCUT2D eigenvalue weighted by Gasteiger charge is -2.10. The molecule has 5 heteroatoms. The predicted octanol–water partition coefficient (Wildman–Crippen LogP) is 2.98. The number of ether oxygens (including phenoxy) is 1. The van der Waals surface area contributed by atoms with Crippen LogP contribution in [0.15, 0.2) is 24.3 Å². The molecule has 1 N–H and O–H groups in total. The van der Waals surface area contributed by atoms with E-state index in [1.54, 1.807) is 13.0 Å². The highest BCUT2D eigenvalue weighted by atomic mass is 19.1. The van der Waals surface area contributed by atoms with Crippen LogP contribution in [0.4, 0.5) is 4.39 Å². The van der Waals surface area contributed by atoms with Gasteiger partial charge in [-0.3, -0.25) is 4.68 Å². The number of halogens is 1. The third kappa shape index (κ3) is 3.17. The van der Waals surface area contributed by atoms with Gasteiger partial charge in [-0.2, -0.15) is 5.10 Å². The molecule has 1 aromatic heterocycles. The average molecular weight is 278 g/mol. The van der Waals surface area contributed by atoms with E-state index in [9.17, 15) is 9.50 Å². The summed E-state index contributed by atoms with van der Waals surface area (Å²) in [5.74, 6) is -0.293. The summed E-state index contributed by atoms with van der Waals surface area (Å²) in [6.07, 6.45) is -0.692. The van der Waals surface area contributed by atoms with Crippen molar-refractivity contribution in [3.63, 3.8) is 0 Å². The zero-order valence-electron chi connectivity index (χ0n) is 11.9. The van der Waals surface area contributed by atoms with Gasteiger partial charge >= 0.3 is 0 Å². The van der Waals surface area contributed by atoms with Gasteiger partial charge in [0.15, 0.2) is 11.6 Å². The fraction of sp³-hybridized carbons (Fsp3) is 0.400. The summed E-state index contributed by atoms with van der Waals surface area (Å²) >= 11 is 0. The molecule has 1 unspecified atom stereocenters. The largest absolute Gasteiger partial charge is 0.484 e. The second-order valence-corrected chi connectivity index (χ2v) is 4.75. The van der Waals surface area contributed by atoms with Gasteiger partial charge in [-0.05, 0) is 44.5 Å². The van der Waals surface area contributed by atoms with Crippen molar-refractivity contribution in [1.82, 2.24) is 9.78 Å². The molecule has 0 aliphatic rings. The van der Waals surface area contributed by atoms with Gasteiger partial charge in [-0.25, -0.2) is 4.39 Å². The molecule has 0 radical (unpaired) electrons. The minimum atomic E-state index is -0.692. The quantitative estimate of drug-likeness (QED) is 0.914. The molecular formula is C15H19FN2O2. The summed E-state index contributed by atoms with van der Waals surface area (Å²) in [7, 11) is 0. The molecule has 0 amide bonds. The summed E-state index contributed by atoms with van der Waals surface area (Å²) < 4.78 is 21.2. The topological polar surface area (TPSA) is 47.3 Å². The molecule has 2 rings (SSSR count). The molecule has 1 heterocycles. The minimum absolute atomic E-state index is 0.177. The van der Waals surface area contributed by atoms with E-state index >= 15 is 0 Å². The molecule has 0 saturated carbocycles. The molecule has 20 heavy (non-hydrogen) atoms. The van der Waals surface area contributed by atoms with Crippen LogP contribution in [0.3, 0.4) is 0 Å². The third-order valence-electron chi connectivity index (χ3n) is 3.10. The van der Waals surface area contributed by atoms with Crippen molar-refractivity contribution in [2.75, 3.05) is 0 Å². The van der Waals surface area contributed by atoms with Gasteiger partial charge in [-0.1, -0.05) is 6.07 Å². The van der Waals surface area contributed by atoms with Crippen molar-refractivity contribution in [3.05, 3.63) is 47.0 Å².